The summed E-state index contributed by atoms with van der Waals surface area (Å²) >= 11 is 0. The molecule has 0 radical (unpaired) electrons. The van der Waals surface area contributed by atoms with Gasteiger partial charge in [-0.25, -0.2) is 4.68 Å². The highest BCUT2D eigenvalue weighted by Crippen LogP contribution is 2.19. The fourth-order valence-electron chi connectivity index (χ4n) is 1.84. The third-order valence-corrected chi connectivity index (χ3v) is 2.75. The fraction of sp³-hybridized carbons (Fsp3) is 0.167. The van der Waals surface area contributed by atoms with Gasteiger partial charge in [-0.1, -0.05) is 0 Å². The predicted octanol–water partition coefficient (Wildman–Crippen LogP) is 1.80. The average molecular weight is 227 g/mol. The van der Waals surface area contributed by atoms with Crippen LogP contribution in [0.1, 0.15) is 0 Å². The standard InChI is InChI=1S/C12H13N5/c1-13-10-3-4-12-9(5-10)7-17(15-12)11-6-14-16(2)8-11/h3-8,13H,1-2H3. The summed E-state index contributed by atoms with van der Waals surface area (Å²) < 4.78 is 3.61. The van der Waals surface area contributed by atoms with Gasteiger partial charge in [-0.15, -0.1) is 0 Å². The van der Waals surface area contributed by atoms with Crippen molar-refractivity contribution in [3.05, 3.63) is 36.8 Å². The minimum atomic E-state index is 0.967. The molecular formula is C12H13N5. The summed E-state index contributed by atoms with van der Waals surface area (Å²) in [5.74, 6) is 0. The molecule has 0 atom stereocenters. The molecule has 3 rings (SSSR count). The lowest BCUT2D eigenvalue weighted by atomic mass is 10.2. The summed E-state index contributed by atoms with van der Waals surface area (Å²) in [5, 5.41) is 12.9. The molecule has 2 aromatic heterocycles. The molecule has 3 aromatic rings. The van der Waals surface area contributed by atoms with Gasteiger partial charge in [0.1, 0.15) is 5.69 Å². The van der Waals surface area contributed by atoms with E-state index in [1.807, 2.05) is 43.3 Å². The lowest BCUT2D eigenvalue weighted by Crippen LogP contribution is -1.91. The maximum Gasteiger partial charge on any atom is 0.102 e. The fourth-order valence-corrected chi connectivity index (χ4v) is 1.84. The van der Waals surface area contributed by atoms with E-state index in [0.29, 0.717) is 0 Å². The molecule has 86 valence electrons. The highest BCUT2D eigenvalue weighted by Gasteiger charge is 2.04. The van der Waals surface area contributed by atoms with E-state index in [0.717, 1.165) is 22.3 Å². The third kappa shape index (κ3) is 1.65. The number of rotatable bonds is 2. The van der Waals surface area contributed by atoms with Crippen molar-refractivity contribution >= 4 is 16.6 Å². The molecule has 0 fully saturated rings. The molecule has 1 aromatic carbocycles. The van der Waals surface area contributed by atoms with Crippen molar-refractivity contribution in [3.8, 4) is 5.69 Å². The number of nitrogens with one attached hydrogen (secondary N) is 1. The molecular weight excluding hydrogens is 214 g/mol. The van der Waals surface area contributed by atoms with E-state index in [1.54, 1.807) is 10.9 Å². The Labute approximate surface area is 98.7 Å². The van der Waals surface area contributed by atoms with Crippen molar-refractivity contribution in [1.29, 1.82) is 0 Å². The molecule has 0 aliphatic rings. The first kappa shape index (κ1) is 9.89. The van der Waals surface area contributed by atoms with Crippen LogP contribution in [0.3, 0.4) is 0 Å². The zero-order valence-electron chi connectivity index (χ0n) is 9.75. The van der Waals surface area contributed by atoms with Crippen LogP contribution >= 0.6 is 0 Å². The highest BCUT2D eigenvalue weighted by atomic mass is 15.3. The lowest BCUT2D eigenvalue weighted by Gasteiger charge is -1.96. The molecule has 5 heteroatoms. The molecule has 0 bridgehead atoms. The van der Waals surface area contributed by atoms with Crippen LogP contribution in [0.4, 0.5) is 5.69 Å². The molecule has 5 nitrogen and oxygen atoms in total. The first-order valence-corrected chi connectivity index (χ1v) is 5.42. The number of fused-ring (bicyclic) bond motifs is 1. The Bertz CT molecular complexity index is 664. The summed E-state index contributed by atoms with van der Waals surface area (Å²) in [6, 6.07) is 6.10. The monoisotopic (exact) mass is 227 g/mol. The van der Waals surface area contributed by atoms with Crippen LogP contribution in [0.2, 0.25) is 0 Å². The predicted molar refractivity (Wildman–Crippen MR) is 67.4 cm³/mol. The maximum atomic E-state index is 4.51. The van der Waals surface area contributed by atoms with Crippen LogP contribution in [0.5, 0.6) is 0 Å². The minimum Gasteiger partial charge on any atom is -0.388 e. The number of aromatic nitrogens is 4. The van der Waals surface area contributed by atoms with E-state index < -0.39 is 0 Å². The van der Waals surface area contributed by atoms with Gasteiger partial charge in [0, 0.05) is 31.4 Å². The molecule has 0 saturated carbocycles. The van der Waals surface area contributed by atoms with E-state index in [-0.39, 0.29) is 0 Å². The van der Waals surface area contributed by atoms with Crippen molar-refractivity contribution in [1.82, 2.24) is 19.6 Å². The molecule has 0 amide bonds. The van der Waals surface area contributed by atoms with E-state index in [4.69, 9.17) is 0 Å². The minimum absolute atomic E-state index is 0.967. The van der Waals surface area contributed by atoms with E-state index in [1.165, 1.54) is 0 Å². The van der Waals surface area contributed by atoms with Crippen molar-refractivity contribution in [2.75, 3.05) is 12.4 Å². The van der Waals surface area contributed by atoms with Gasteiger partial charge in [0.2, 0.25) is 0 Å². The van der Waals surface area contributed by atoms with Gasteiger partial charge in [0.15, 0.2) is 0 Å². The van der Waals surface area contributed by atoms with Gasteiger partial charge < -0.3 is 5.32 Å². The first-order valence-electron chi connectivity index (χ1n) is 5.42. The highest BCUT2D eigenvalue weighted by molar-refractivity contribution is 5.82. The number of hydrogen-bond acceptors (Lipinski definition) is 3. The van der Waals surface area contributed by atoms with E-state index in [2.05, 4.69) is 21.6 Å². The van der Waals surface area contributed by atoms with Crippen LogP contribution in [0.25, 0.3) is 16.6 Å². The maximum absolute atomic E-state index is 4.51. The Balaban J connectivity index is 2.13. The summed E-state index contributed by atoms with van der Waals surface area (Å²) in [4.78, 5) is 0. The van der Waals surface area contributed by atoms with Gasteiger partial charge in [-0.05, 0) is 18.2 Å². The zero-order valence-corrected chi connectivity index (χ0v) is 9.75. The van der Waals surface area contributed by atoms with E-state index in [9.17, 15) is 0 Å². The van der Waals surface area contributed by atoms with Gasteiger partial charge >= 0.3 is 0 Å². The SMILES string of the molecule is CNc1ccc2nn(-c3cnn(C)c3)cc2c1. The van der Waals surface area contributed by atoms with Crippen LogP contribution in [0.15, 0.2) is 36.8 Å². The smallest absolute Gasteiger partial charge is 0.102 e. The molecule has 0 unspecified atom stereocenters. The molecule has 1 N–H and O–H groups in total. The quantitative estimate of drug-likeness (QED) is 0.726. The summed E-state index contributed by atoms with van der Waals surface area (Å²) in [7, 11) is 3.80. The van der Waals surface area contributed by atoms with Crippen LogP contribution in [0, 0.1) is 0 Å². The number of aryl methyl sites for hydroxylation is 1. The topological polar surface area (TPSA) is 47.7 Å². The van der Waals surface area contributed by atoms with Crippen LogP contribution in [-0.2, 0) is 7.05 Å². The van der Waals surface area contributed by atoms with Crippen LogP contribution < -0.4 is 5.32 Å². The second-order valence-corrected chi connectivity index (χ2v) is 3.97. The largest absolute Gasteiger partial charge is 0.388 e. The number of benzene rings is 1. The molecule has 0 aliphatic heterocycles. The number of anilines is 1. The number of hydrogen-bond donors (Lipinski definition) is 1. The first-order chi connectivity index (χ1) is 8.26. The van der Waals surface area contributed by atoms with E-state index >= 15 is 0 Å². The Hall–Kier alpha value is -2.30. The van der Waals surface area contributed by atoms with Gasteiger partial charge in [-0.2, -0.15) is 10.2 Å². The molecule has 0 saturated heterocycles. The van der Waals surface area contributed by atoms with Gasteiger partial charge in [0.25, 0.3) is 0 Å². The Morgan fingerprint density at radius 2 is 2.12 bits per heavy atom. The zero-order chi connectivity index (χ0) is 11.8. The van der Waals surface area contributed by atoms with Crippen LogP contribution in [-0.4, -0.2) is 26.6 Å². The number of nitrogens with zero attached hydrogens (tertiary/aromatic N) is 4. The Morgan fingerprint density at radius 1 is 1.24 bits per heavy atom. The van der Waals surface area contributed by atoms with Gasteiger partial charge in [-0.3, -0.25) is 4.68 Å². The molecule has 0 spiro atoms. The Morgan fingerprint density at radius 3 is 2.82 bits per heavy atom. The summed E-state index contributed by atoms with van der Waals surface area (Å²) in [5.41, 5.74) is 3.03. The second-order valence-electron chi connectivity index (χ2n) is 3.97. The second kappa shape index (κ2) is 3.62. The Kier molecular flexibility index (Phi) is 2.11. The van der Waals surface area contributed by atoms with Crippen molar-refractivity contribution < 1.29 is 0 Å². The normalized spacial score (nSPS) is 10.9. The summed E-state index contributed by atoms with van der Waals surface area (Å²) in [6.07, 6.45) is 5.74. The van der Waals surface area contributed by atoms with Crippen molar-refractivity contribution in [3.63, 3.8) is 0 Å². The third-order valence-electron chi connectivity index (χ3n) is 2.75. The molecule has 0 aliphatic carbocycles. The average Bonchev–Trinajstić information content (AvgIpc) is 2.93. The molecule has 17 heavy (non-hydrogen) atoms. The van der Waals surface area contributed by atoms with Crippen molar-refractivity contribution in [2.24, 2.45) is 7.05 Å². The lowest BCUT2D eigenvalue weighted by molar-refractivity contribution is 0.766. The van der Waals surface area contributed by atoms with Gasteiger partial charge in [0.05, 0.1) is 17.9 Å². The van der Waals surface area contributed by atoms with Crippen molar-refractivity contribution in [2.45, 2.75) is 0 Å². The summed E-state index contributed by atoms with van der Waals surface area (Å²) in [6.45, 7) is 0. The molecule has 2 heterocycles.